The van der Waals surface area contributed by atoms with E-state index in [0.717, 1.165) is 30.4 Å². The summed E-state index contributed by atoms with van der Waals surface area (Å²) in [6, 6.07) is 5.09. The van der Waals surface area contributed by atoms with Gasteiger partial charge in [-0.05, 0) is 38.1 Å². The zero-order valence-corrected chi connectivity index (χ0v) is 11.8. The zero-order valence-electron chi connectivity index (χ0n) is 10.2. The number of rotatable bonds is 3. The zero-order chi connectivity index (χ0) is 13.1. The molecule has 0 aromatic heterocycles. The third-order valence-corrected chi connectivity index (χ3v) is 3.62. The van der Waals surface area contributed by atoms with Crippen molar-refractivity contribution in [3.8, 4) is 5.75 Å². The molecule has 1 aromatic carbocycles. The van der Waals surface area contributed by atoms with Crippen molar-refractivity contribution in [2.24, 2.45) is 0 Å². The Morgan fingerprint density at radius 3 is 2.72 bits per heavy atom. The Morgan fingerprint density at radius 1 is 1.44 bits per heavy atom. The van der Waals surface area contributed by atoms with Gasteiger partial charge in [0.25, 0.3) is 0 Å². The number of carboxylic acid groups (broad SMARTS) is 1. The van der Waals surface area contributed by atoms with Gasteiger partial charge in [-0.3, -0.25) is 0 Å². The molecule has 0 atom stereocenters. The van der Waals surface area contributed by atoms with Crippen molar-refractivity contribution in [3.05, 3.63) is 28.2 Å². The van der Waals surface area contributed by atoms with E-state index in [1.54, 1.807) is 18.2 Å². The normalized spacial score (nSPS) is 17.7. The lowest BCUT2D eigenvalue weighted by molar-refractivity contribution is 0.0681. The lowest BCUT2D eigenvalue weighted by Gasteiger charge is -2.29. The largest absolute Gasteiger partial charge is 0.489 e. The summed E-state index contributed by atoms with van der Waals surface area (Å²) in [6.45, 7) is 1.98. The van der Waals surface area contributed by atoms with E-state index in [1.807, 2.05) is 0 Å². The molecule has 4 nitrogen and oxygen atoms in total. The minimum atomic E-state index is -0.959. The molecular weight excluding hydrogens is 298 g/mol. The van der Waals surface area contributed by atoms with Crippen molar-refractivity contribution in [3.63, 3.8) is 0 Å². The Hall–Kier alpha value is -1.07. The van der Waals surface area contributed by atoms with E-state index in [2.05, 4.69) is 27.9 Å². The quantitative estimate of drug-likeness (QED) is 0.932. The van der Waals surface area contributed by atoms with Crippen LogP contribution in [0.2, 0.25) is 0 Å². The number of nitrogens with zero attached hydrogens (tertiary/aromatic N) is 1. The highest BCUT2D eigenvalue weighted by atomic mass is 79.9. The number of carbonyl (C=O) groups is 1. The van der Waals surface area contributed by atoms with Crippen LogP contribution in [0.15, 0.2) is 22.7 Å². The molecule has 5 heteroatoms. The third kappa shape index (κ3) is 3.23. The molecule has 0 radical (unpaired) electrons. The van der Waals surface area contributed by atoms with Gasteiger partial charge >= 0.3 is 5.97 Å². The molecule has 1 aliphatic rings. The Kier molecular flexibility index (Phi) is 4.24. The van der Waals surface area contributed by atoms with Crippen LogP contribution in [-0.4, -0.2) is 42.2 Å². The van der Waals surface area contributed by atoms with Crippen LogP contribution in [0.3, 0.4) is 0 Å². The van der Waals surface area contributed by atoms with Crippen LogP contribution in [0, 0.1) is 0 Å². The van der Waals surface area contributed by atoms with Crippen LogP contribution in [0.5, 0.6) is 5.75 Å². The number of likely N-dealkylation sites (tertiary alicyclic amines) is 1. The molecule has 0 bridgehead atoms. The molecular formula is C13H16BrNO3. The molecule has 0 amide bonds. The van der Waals surface area contributed by atoms with Gasteiger partial charge in [-0.15, -0.1) is 0 Å². The molecule has 0 spiro atoms. The molecule has 0 aliphatic carbocycles. The number of halogens is 1. The van der Waals surface area contributed by atoms with Crippen LogP contribution in [0.1, 0.15) is 23.2 Å². The minimum absolute atomic E-state index is 0.112. The third-order valence-electron chi connectivity index (χ3n) is 3.13. The van der Waals surface area contributed by atoms with Crippen molar-refractivity contribution < 1.29 is 14.6 Å². The highest BCUT2D eigenvalue weighted by Crippen LogP contribution is 2.26. The smallest absolute Gasteiger partial charge is 0.339 e. The first-order chi connectivity index (χ1) is 8.56. The van der Waals surface area contributed by atoms with Gasteiger partial charge < -0.3 is 14.7 Å². The van der Waals surface area contributed by atoms with Gasteiger partial charge in [-0.1, -0.05) is 15.9 Å². The van der Waals surface area contributed by atoms with Gasteiger partial charge in [0.05, 0.1) is 0 Å². The van der Waals surface area contributed by atoms with Gasteiger partial charge in [0.15, 0.2) is 0 Å². The summed E-state index contributed by atoms with van der Waals surface area (Å²) in [5, 5.41) is 9.15. The van der Waals surface area contributed by atoms with Crippen LogP contribution in [0.25, 0.3) is 0 Å². The number of hydrogen-bond donors (Lipinski definition) is 1. The maximum atomic E-state index is 11.2. The number of hydrogen-bond acceptors (Lipinski definition) is 3. The van der Waals surface area contributed by atoms with E-state index in [1.165, 1.54) is 0 Å². The fourth-order valence-electron chi connectivity index (χ4n) is 2.05. The molecule has 0 saturated carbocycles. The summed E-state index contributed by atoms with van der Waals surface area (Å²) in [6.07, 6.45) is 1.98. The van der Waals surface area contributed by atoms with Crippen LogP contribution in [-0.2, 0) is 0 Å². The van der Waals surface area contributed by atoms with Crippen LogP contribution in [0.4, 0.5) is 0 Å². The molecule has 1 saturated heterocycles. The predicted molar refractivity (Wildman–Crippen MR) is 72.2 cm³/mol. The fourth-order valence-corrected chi connectivity index (χ4v) is 2.42. The van der Waals surface area contributed by atoms with Crippen molar-refractivity contribution in [1.29, 1.82) is 0 Å². The minimum Gasteiger partial charge on any atom is -0.489 e. The Morgan fingerprint density at radius 2 is 2.11 bits per heavy atom. The van der Waals surface area contributed by atoms with E-state index in [4.69, 9.17) is 9.84 Å². The molecule has 1 heterocycles. The van der Waals surface area contributed by atoms with Crippen LogP contribution >= 0.6 is 15.9 Å². The first kappa shape index (κ1) is 13.4. The Labute approximate surface area is 115 Å². The molecule has 98 valence electrons. The fraction of sp³-hybridized carbons (Fsp3) is 0.462. The standard InChI is InChI=1S/C13H16BrNO3/c1-15-6-4-10(5-7-15)18-12-3-2-9(14)8-11(12)13(16)17/h2-3,8,10H,4-7H2,1H3,(H,16,17). The highest BCUT2D eigenvalue weighted by molar-refractivity contribution is 9.10. The molecule has 18 heavy (non-hydrogen) atoms. The lowest BCUT2D eigenvalue weighted by Crippen LogP contribution is -2.35. The van der Waals surface area contributed by atoms with Gasteiger partial charge in [-0.25, -0.2) is 4.79 Å². The van der Waals surface area contributed by atoms with Crippen molar-refractivity contribution in [2.45, 2.75) is 18.9 Å². The van der Waals surface area contributed by atoms with E-state index in [0.29, 0.717) is 5.75 Å². The first-order valence-electron chi connectivity index (χ1n) is 5.94. The maximum absolute atomic E-state index is 11.2. The summed E-state index contributed by atoms with van der Waals surface area (Å²) in [5.41, 5.74) is 0.211. The van der Waals surface area contributed by atoms with E-state index >= 15 is 0 Å². The lowest BCUT2D eigenvalue weighted by atomic mass is 10.1. The molecule has 1 N–H and O–H groups in total. The van der Waals surface area contributed by atoms with Crippen LogP contribution < -0.4 is 4.74 Å². The second-order valence-electron chi connectivity index (χ2n) is 4.57. The summed E-state index contributed by atoms with van der Waals surface area (Å²) >= 11 is 3.27. The highest BCUT2D eigenvalue weighted by Gasteiger charge is 2.20. The molecule has 0 unspecified atom stereocenters. The average molecular weight is 314 g/mol. The molecule has 1 aromatic rings. The molecule has 2 rings (SSSR count). The van der Waals surface area contributed by atoms with Gasteiger partial charge in [-0.2, -0.15) is 0 Å². The number of piperidine rings is 1. The second-order valence-corrected chi connectivity index (χ2v) is 5.48. The van der Waals surface area contributed by atoms with Gasteiger partial charge in [0.1, 0.15) is 17.4 Å². The Bertz CT molecular complexity index is 442. The number of aromatic carboxylic acids is 1. The number of benzene rings is 1. The summed E-state index contributed by atoms with van der Waals surface area (Å²) in [7, 11) is 2.08. The summed E-state index contributed by atoms with van der Waals surface area (Å²) in [5.74, 6) is -0.500. The van der Waals surface area contributed by atoms with Gasteiger partial charge in [0.2, 0.25) is 0 Å². The monoisotopic (exact) mass is 313 g/mol. The summed E-state index contributed by atoms with van der Waals surface area (Å²) in [4.78, 5) is 13.4. The number of carboxylic acids is 1. The van der Waals surface area contributed by atoms with E-state index < -0.39 is 5.97 Å². The number of ether oxygens (including phenoxy) is 1. The van der Waals surface area contributed by atoms with E-state index in [9.17, 15) is 4.79 Å². The molecule has 1 fully saturated rings. The SMILES string of the molecule is CN1CCC(Oc2ccc(Br)cc2C(=O)O)CC1. The average Bonchev–Trinajstić information content (AvgIpc) is 2.34. The Balaban J connectivity index is 2.11. The predicted octanol–water partition coefficient (Wildman–Crippen LogP) is 2.62. The van der Waals surface area contributed by atoms with Crippen molar-refractivity contribution in [1.82, 2.24) is 4.90 Å². The maximum Gasteiger partial charge on any atom is 0.339 e. The topological polar surface area (TPSA) is 49.8 Å². The van der Waals surface area contributed by atoms with E-state index in [-0.39, 0.29) is 11.7 Å². The summed E-state index contributed by atoms with van der Waals surface area (Å²) < 4.78 is 6.57. The van der Waals surface area contributed by atoms with Crippen molar-refractivity contribution in [2.75, 3.05) is 20.1 Å². The molecule has 1 aliphatic heterocycles. The van der Waals surface area contributed by atoms with Gasteiger partial charge in [0, 0.05) is 17.6 Å². The van der Waals surface area contributed by atoms with Crippen molar-refractivity contribution >= 4 is 21.9 Å². The second kappa shape index (κ2) is 5.71. The first-order valence-corrected chi connectivity index (χ1v) is 6.73.